The number of amides is 1. The Morgan fingerprint density at radius 3 is 2.78 bits per heavy atom. The molecule has 0 radical (unpaired) electrons. The molecule has 0 bridgehead atoms. The summed E-state index contributed by atoms with van der Waals surface area (Å²) >= 11 is 0. The maximum absolute atomic E-state index is 13.7. The van der Waals surface area contributed by atoms with Crippen molar-refractivity contribution in [3.05, 3.63) is 29.6 Å². The highest BCUT2D eigenvalue weighted by atomic mass is 19.1. The zero-order valence-corrected chi connectivity index (χ0v) is 13.7. The molecule has 124 valence electrons. The molecule has 0 aliphatic heterocycles. The van der Waals surface area contributed by atoms with Crippen LogP contribution in [0.2, 0.25) is 0 Å². The smallest absolute Gasteiger partial charge is 0.235 e. The monoisotopic (exact) mass is 319 g/mol. The highest BCUT2D eigenvalue weighted by Gasteiger charge is 2.43. The molecule has 1 aliphatic carbocycles. The number of halogens is 1. The third kappa shape index (κ3) is 4.42. The third-order valence-electron chi connectivity index (χ3n) is 4.11. The summed E-state index contributed by atoms with van der Waals surface area (Å²) in [6, 6.07) is 6.93. The van der Waals surface area contributed by atoms with Crippen LogP contribution in [0.4, 0.5) is 4.39 Å². The Bertz CT molecular complexity index is 625. The molecule has 0 saturated heterocycles. The van der Waals surface area contributed by atoms with E-state index in [4.69, 9.17) is 4.74 Å². The van der Waals surface area contributed by atoms with Gasteiger partial charge in [-0.2, -0.15) is 5.26 Å². The third-order valence-corrected chi connectivity index (χ3v) is 4.11. The summed E-state index contributed by atoms with van der Waals surface area (Å²) in [5.74, 6) is -0.174. The number of hydrogen-bond donors (Lipinski definition) is 1. The second-order valence-electron chi connectivity index (χ2n) is 6.28. The van der Waals surface area contributed by atoms with Crippen LogP contribution in [0.5, 0.6) is 5.75 Å². The molecule has 0 aromatic heterocycles. The minimum absolute atomic E-state index is 0.150. The van der Waals surface area contributed by atoms with Gasteiger partial charge in [-0.1, -0.05) is 6.07 Å². The zero-order chi connectivity index (χ0) is 17.0. The number of benzene rings is 1. The fraction of sp³-hybridized carbons (Fsp3) is 0.529. The van der Waals surface area contributed by atoms with Gasteiger partial charge in [0.25, 0.3) is 0 Å². The van der Waals surface area contributed by atoms with Gasteiger partial charge in [0, 0.05) is 6.54 Å². The lowest BCUT2D eigenvalue weighted by molar-refractivity contribution is -0.123. The van der Waals surface area contributed by atoms with Crippen LogP contribution in [0.25, 0.3) is 0 Å². The lowest BCUT2D eigenvalue weighted by Crippen LogP contribution is -2.49. The Balaban J connectivity index is 1.89. The van der Waals surface area contributed by atoms with Crippen molar-refractivity contribution in [2.45, 2.75) is 31.8 Å². The molecule has 1 fully saturated rings. The summed E-state index contributed by atoms with van der Waals surface area (Å²) in [5, 5.41) is 12.1. The molecule has 0 heterocycles. The molecule has 1 saturated carbocycles. The molecule has 5 nitrogen and oxygen atoms in total. The van der Waals surface area contributed by atoms with E-state index in [0.29, 0.717) is 6.54 Å². The molecular formula is C17H22FN3O2. The summed E-state index contributed by atoms with van der Waals surface area (Å²) in [7, 11) is 3.20. The average Bonchev–Trinajstić information content (AvgIpc) is 3.32. The van der Waals surface area contributed by atoms with Gasteiger partial charge in [-0.3, -0.25) is 9.69 Å². The van der Waals surface area contributed by atoms with E-state index >= 15 is 0 Å². The van der Waals surface area contributed by atoms with Crippen LogP contribution in [-0.4, -0.2) is 37.0 Å². The minimum Gasteiger partial charge on any atom is -0.494 e. The topological polar surface area (TPSA) is 65.4 Å². The number of nitriles is 1. The largest absolute Gasteiger partial charge is 0.494 e. The van der Waals surface area contributed by atoms with Crippen molar-refractivity contribution in [1.82, 2.24) is 10.2 Å². The van der Waals surface area contributed by atoms with Crippen LogP contribution in [0, 0.1) is 23.1 Å². The van der Waals surface area contributed by atoms with E-state index in [1.54, 1.807) is 31.0 Å². The lowest BCUT2D eigenvalue weighted by atomic mass is 9.98. The van der Waals surface area contributed by atoms with Gasteiger partial charge in [0.15, 0.2) is 11.6 Å². The Morgan fingerprint density at radius 1 is 1.57 bits per heavy atom. The summed E-state index contributed by atoms with van der Waals surface area (Å²) in [6.45, 7) is 2.35. The van der Waals surface area contributed by atoms with Gasteiger partial charge < -0.3 is 10.1 Å². The molecule has 0 unspecified atom stereocenters. The molecule has 1 aliphatic rings. The predicted octanol–water partition coefficient (Wildman–Crippen LogP) is 2.07. The minimum atomic E-state index is -0.788. The maximum Gasteiger partial charge on any atom is 0.235 e. The lowest BCUT2D eigenvalue weighted by Gasteiger charge is -2.25. The maximum atomic E-state index is 13.7. The van der Waals surface area contributed by atoms with Crippen molar-refractivity contribution >= 4 is 5.91 Å². The molecule has 1 atom stereocenters. The van der Waals surface area contributed by atoms with E-state index in [-0.39, 0.29) is 24.1 Å². The van der Waals surface area contributed by atoms with Gasteiger partial charge in [0.05, 0.1) is 19.7 Å². The molecule has 2 rings (SSSR count). The number of ether oxygens (including phenoxy) is 1. The first-order chi connectivity index (χ1) is 10.9. The Labute approximate surface area is 136 Å². The van der Waals surface area contributed by atoms with Crippen molar-refractivity contribution in [2.24, 2.45) is 5.92 Å². The number of carbonyl (C=O) groups excluding carboxylic acids is 1. The van der Waals surface area contributed by atoms with Gasteiger partial charge >= 0.3 is 0 Å². The second kappa shape index (κ2) is 6.97. The van der Waals surface area contributed by atoms with Gasteiger partial charge in [-0.25, -0.2) is 4.39 Å². The van der Waals surface area contributed by atoms with Crippen LogP contribution >= 0.6 is 0 Å². The van der Waals surface area contributed by atoms with Crippen LogP contribution in [-0.2, 0) is 11.3 Å². The van der Waals surface area contributed by atoms with Crippen LogP contribution in [0.3, 0.4) is 0 Å². The molecule has 0 spiro atoms. The van der Waals surface area contributed by atoms with Crippen LogP contribution in [0.15, 0.2) is 18.2 Å². The van der Waals surface area contributed by atoms with Gasteiger partial charge in [0.2, 0.25) is 5.91 Å². The number of methoxy groups -OCH3 is 1. The quantitative estimate of drug-likeness (QED) is 0.835. The molecule has 6 heteroatoms. The average molecular weight is 319 g/mol. The molecule has 1 amide bonds. The first kappa shape index (κ1) is 17.2. The van der Waals surface area contributed by atoms with Crippen molar-refractivity contribution in [2.75, 3.05) is 20.7 Å². The number of nitrogens with zero attached hydrogens (tertiary/aromatic N) is 2. The number of likely N-dealkylation sites (N-methyl/N-ethyl adjacent to an activating group) is 1. The highest BCUT2D eigenvalue weighted by molar-refractivity contribution is 5.79. The normalized spacial score (nSPS) is 16.5. The van der Waals surface area contributed by atoms with Crippen LogP contribution in [0.1, 0.15) is 25.3 Å². The Hall–Kier alpha value is -2.13. The zero-order valence-electron chi connectivity index (χ0n) is 13.7. The van der Waals surface area contributed by atoms with E-state index < -0.39 is 11.4 Å². The van der Waals surface area contributed by atoms with Crippen molar-refractivity contribution in [3.63, 3.8) is 0 Å². The first-order valence-electron chi connectivity index (χ1n) is 7.61. The van der Waals surface area contributed by atoms with Gasteiger partial charge in [0.1, 0.15) is 5.54 Å². The Kier molecular flexibility index (Phi) is 5.22. The summed E-state index contributed by atoms with van der Waals surface area (Å²) in [4.78, 5) is 13.9. The standard InChI is InChI=1S/C17H22FN3O2/c1-17(11-19,13-5-6-13)20-16(22)10-21(2)9-12-4-7-15(23-3)14(18)8-12/h4,7-8,13H,5-6,9-10H2,1-3H3,(H,20,22)/t17-/m0/s1. The summed E-state index contributed by atoms with van der Waals surface area (Å²) in [5.41, 5.74) is -0.0340. The van der Waals surface area contributed by atoms with E-state index in [0.717, 1.165) is 18.4 Å². The van der Waals surface area contributed by atoms with Gasteiger partial charge in [-0.05, 0) is 50.4 Å². The fourth-order valence-corrected chi connectivity index (χ4v) is 2.63. The van der Waals surface area contributed by atoms with Crippen LogP contribution < -0.4 is 10.1 Å². The van der Waals surface area contributed by atoms with Crippen molar-refractivity contribution < 1.29 is 13.9 Å². The first-order valence-corrected chi connectivity index (χ1v) is 7.61. The summed E-state index contributed by atoms with van der Waals surface area (Å²) < 4.78 is 18.6. The highest BCUT2D eigenvalue weighted by Crippen LogP contribution is 2.39. The van der Waals surface area contributed by atoms with Crippen molar-refractivity contribution in [1.29, 1.82) is 5.26 Å². The molecule has 1 N–H and O–H groups in total. The number of nitrogens with one attached hydrogen (secondary N) is 1. The second-order valence-corrected chi connectivity index (χ2v) is 6.28. The number of hydrogen-bond acceptors (Lipinski definition) is 4. The van der Waals surface area contributed by atoms with Gasteiger partial charge in [-0.15, -0.1) is 0 Å². The predicted molar refractivity (Wildman–Crippen MR) is 84.2 cm³/mol. The molecule has 23 heavy (non-hydrogen) atoms. The SMILES string of the molecule is COc1ccc(CN(C)CC(=O)N[C@@](C)(C#N)C2CC2)cc1F. The molecular weight excluding hydrogens is 297 g/mol. The van der Waals surface area contributed by atoms with E-state index in [1.807, 2.05) is 0 Å². The van der Waals surface area contributed by atoms with Crippen molar-refractivity contribution in [3.8, 4) is 11.8 Å². The number of rotatable bonds is 7. The van der Waals surface area contributed by atoms with E-state index in [2.05, 4.69) is 11.4 Å². The Morgan fingerprint density at radius 2 is 2.26 bits per heavy atom. The fourth-order valence-electron chi connectivity index (χ4n) is 2.63. The van der Waals surface area contributed by atoms with E-state index in [9.17, 15) is 14.4 Å². The number of carbonyl (C=O) groups is 1. The molecule has 1 aromatic rings. The van der Waals surface area contributed by atoms with E-state index in [1.165, 1.54) is 13.2 Å². The summed E-state index contributed by atoms with van der Waals surface area (Å²) in [6.07, 6.45) is 1.95. The molecule has 1 aromatic carbocycles.